The van der Waals surface area contributed by atoms with Crippen molar-refractivity contribution in [1.29, 1.82) is 0 Å². The van der Waals surface area contributed by atoms with Gasteiger partial charge in [0.05, 0.1) is 12.5 Å². The van der Waals surface area contributed by atoms with Crippen molar-refractivity contribution in [3.8, 4) is 0 Å². The summed E-state index contributed by atoms with van der Waals surface area (Å²) in [6.07, 6.45) is 5.52. The fourth-order valence-corrected chi connectivity index (χ4v) is 3.89. The lowest BCUT2D eigenvalue weighted by atomic mass is 9.85. The van der Waals surface area contributed by atoms with E-state index >= 15 is 0 Å². The van der Waals surface area contributed by atoms with Crippen LogP contribution in [0.25, 0.3) is 0 Å². The minimum absolute atomic E-state index is 0.0245. The van der Waals surface area contributed by atoms with Gasteiger partial charge < -0.3 is 15.2 Å². The van der Waals surface area contributed by atoms with Gasteiger partial charge in [-0.15, -0.1) is 0 Å². The lowest BCUT2D eigenvalue weighted by Crippen LogP contribution is -2.41. The molecule has 0 radical (unpaired) electrons. The van der Waals surface area contributed by atoms with Gasteiger partial charge in [0.2, 0.25) is 0 Å². The van der Waals surface area contributed by atoms with E-state index in [1.165, 1.54) is 6.42 Å². The van der Waals surface area contributed by atoms with Crippen molar-refractivity contribution in [3.05, 3.63) is 0 Å². The van der Waals surface area contributed by atoms with Crippen molar-refractivity contribution >= 4 is 5.97 Å². The summed E-state index contributed by atoms with van der Waals surface area (Å²) < 4.78 is 10.8. The third-order valence-corrected chi connectivity index (χ3v) is 5.05. The predicted molar refractivity (Wildman–Crippen MR) is 66.8 cm³/mol. The quantitative estimate of drug-likeness (QED) is 0.771. The van der Waals surface area contributed by atoms with Crippen LogP contribution in [0.3, 0.4) is 0 Å². The first kappa shape index (κ1) is 12.4. The highest BCUT2D eigenvalue weighted by Gasteiger charge is 2.49. The SMILES string of the molecule is NC1C2CCC(C2)C1C(=O)OCC1CCOCC1. The van der Waals surface area contributed by atoms with Crippen molar-refractivity contribution < 1.29 is 14.3 Å². The van der Waals surface area contributed by atoms with Crippen molar-refractivity contribution in [2.24, 2.45) is 29.4 Å². The minimum atomic E-state index is -0.0406. The van der Waals surface area contributed by atoms with Crippen LogP contribution in [0.15, 0.2) is 0 Å². The molecule has 3 rings (SSSR count). The number of hydrogen-bond donors (Lipinski definition) is 1. The van der Waals surface area contributed by atoms with Crippen LogP contribution in [-0.2, 0) is 14.3 Å². The Morgan fingerprint density at radius 3 is 2.56 bits per heavy atom. The van der Waals surface area contributed by atoms with Crippen molar-refractivity contribution in [1.82, 2.24) is 0 Å². The summed E-state index contributed by atoms with van der Waals surface area (Å²) in [7, 11) is 0. The molecule has 0 spiro atoms. The van der Waals surface area contributed by atoms with Crippen molar-refractivity contribution in [2.75, 3.05) is 19.8 Å². The molecule has 0 aromatic carbocycles. The summed E-state index contributed by atoms with van der Waals surface area (Å²) in [6, 6.07) is 0.0472. The number of ether oxygens (including phenoxy) is 2. The summed E-state index contributed by atoms with van der Waals surface area (Å²) in [5, 5.41) is 0. The Morgan fingerprint density at radius 1 is 1.17 bits per heavy atom. The Bertz CT molecular complexity index is 312. The maximum Gasteiger partial charge on any atom is 0.310 e. The van der Waals surface area contributed by atoms with E-state index in [4.69, 9.17) is 15.2 Å². The van der Waals surface area contributed by atoms with E-state index in [-0.39, 0.29) is 17.9 Å². The molecule has 3 aliphatic rings. The first-order chi connectivity index (χ1) is 8.75. The van der Waals surface area contributed by atoms with Crippen LogP contribution in [0.1, 0.15) is 32.1 Å². The van der Waals surface area contributed by atoms with Gasteiger partial charge in [0.1, 0.15) is 0 Å². The highest BCUT2D eigenvalue weighted by Crippen LogP contribution is 2.48. The molecule has 1 heterocycles. The van der Waals surface area contributed by atoms with Gasteiger partial charge in [0.15, 0.2) is 0 Å². The number of carbonyl (C=O) groups excluding carboxylic acids is 1. The number of esters is 1. The monoisotopic (exact) mass is 253 g/mol. The zero-order valence-corrected chi connectivity index (χ0v) is 10.8. The van der Waals surface area contributed by atoms with Crippen LogP contribution in [0, 0.1) is 23.7 Å². The zero-order chi connectivity index (χ0) is 12.5. The molecular weight excluding hydrogens is 230 g/mol. The summed E-state index contributed by atoms with van der Waals surface area (Å²) in [5.74, 6) is 1.48. The summed E-state index contributed by atoms with van der Waals surface area (Å²) >= 11 is 0. The van der Waals surface area contributed by atoms with Crippen LogP contribution in [0.2, 0.25) is 0 Å². The molecule has 18 heavy (non-hydrogen) atoms. The van der Waals surface area contributed by atoms with E-state index in [2.05, 4.69) is 0 Å². The summed E-state index contributed by atoms with van der Waals surface area (Å²) in [4.78, 5) is 12.2. The van der Waals surface area contributed by atoms with Gasteiger partial charge in [-0.2, -0.15) is 0 Å². The molecule has 0 amide bonds. The normalized spacial score (nSPS) is 40.1. The van der Waals surface area contributed by atoms with Gasteiger partial charge in [-0.05, 0) is 49.9 Å². The molecule has 102 valence electrons. The van der Waals surface area contributed by atoms with Crippen LogP contribution in [0.5, 0.6) is 0 Å². The number of rotatable bonds is 3. The fourth-order valence-electron chi connectivity index (χ4n) is 3.89. The Labute approximate surface area is 108 Å². The maximum atomic E-state index is 12.2. The average molecular weight is 253 g/mol. The second-order valence-corrected chi connectivity index (χ2v) is 6.12. The highest BCUT2D eigenvalue weighted by atomic mass is 16.5. The molecule has 4 heteroatoms. The van der Waals surface area contributed by atoms with E-state index in [1.54, 1.807) is 0 Å². The maximum absolute atomic E-state index is 12.2. The zero-order valence-electron chi connectivity index (χ0n) is 10.8. The molecule has 4 unspecified atom stereocenters. The Kier molecular flexibility index (Phi) is 3.57. The molecule has 2 N–H and O–H groups in total. The van der Waals surface area contributed by atoms with E-state index in [0.29, 0.717) is 24.4 Å². The molecule has 0 aromatic rings. The van der Waals surface area contributed by atoms with Crippen molar-refractivity contribution in [2.45, 2.75) is 38.1 Å². The fraction of sp³-hybridized carbons (Fsp3) is 0.929. The first-order valence-corrected chi connectivity index (χ1v) is 7.25. The minimum Gasteiger partial charge on any atom is -0.465 e. The number of nitrogens with two attached hydrogens (primary N) is 1. The van der Waals surface area contributed by atoms with Crippen LogP contribution < -0.4 is 5.73 Å². The topological polar surface area (TPSA) is 61.6 Å². The molecule has 2 aliphatic carbocycles. The first-order valence-electron chi connectivity index (χ1n) is 7.25. The smallest absolute Gasteiger partial charge is 0.310 e. The van der Waals surface area contributed by atoms with Crippen LogP contribution in [0.4, 0.5) is 0 Å². The average Bonchev–Trinajstić information content (AvgIpc) is 2.98. The van der Waals surface area contributed by atoms with Gasteiger partial charge in [-0.3, -0.25) is 4.79 Å². The molecule has 0 aromatic heterocycles. The molecule has 4 atom stereocenters. The molecule has 1 saturated heterocycles. The Balaban J connectivity index is 1.49. The van der Waals surface area contributed by atoms with Crippen molar-refractivity contribution in [3.63, 3.8) is 0 Å². The molecular formula is C14H23NO3. The van der Waals surface area contributed by atoms with Crippen LogP contribution in [-0.4, -0.2) is 31.8 Å². The van der Waals surface area contributed by atoms with Gasteiger partial charge in [0, 0.05) is 19.3 Å². The number of fused-ring (bicyclic) bond motifs is 2. The number of hydrogen-bond acceptors (Lipinski definition) is 4. The van der Waals surface area contributed by atoms with E-state index < -0.39 is 0 Å². The van der Waals surface area contributed by atoms with Gasteiger partial charge in [-0.1, -0.05) is 0 Å². The standard InChI is InChI=1S/C14H23NO3/c15-13-11-2-1-10(7-11)12(13)14(16)18-8-9-3-5-17-6-4-9/h9-13H,1-8,15H2. The third kappa shape index (κ3) is 2.28. The number of carbonyl (C=O) groups is 1. The third-order valence-electron chi connectivity index (χ3n) is 5.05. The second kappa shape index (κ2) is 5.17. The lowest BCUT2D eigenvalue weighted by Gasteiger charge is -2.27. The molecule has 4 nitrogen and oxygen atoms in total. The van der Waals surface area contributed by atoms with Gasteiger partial charge in [-0.25, -0.2) is 0 Å². The van der Waals surface area contributed by atoms with E-state index in [0.717, 1.165) is 38.9 Å². The van der Waals surface area contributed by atoms with Crippen LogP contribution >= 0.6 is 0 Å². The summed E-state index contributed by atoms with van der Waals surface area (Å²) in [5.41, 5.74) is 6.15. The van der Waals surface area contributed by atoms with E-state index in [9.17, 15) is 4.79 Å². The lowest BCUT2D eigenvalue weighted by molar-refractivity contribution is -0.153. The molecule has 3 fully saturated rings. The highest BCUT2D eigenvalue weighted by molar-refractivity contribution is 5.74. The molecule has 2 bridgehead atoms. The second-order valence-electron chi connectivity index (χ2n) is 6.12. The van der Waals surface area contributed by atoms with E-state index in [1.807, 2.05) is 0 Å². The van der Waals surface area contributed by atoms with Gasteiger partial charge >= 0.3 is 5.97 Å². The summed E-state index contributed by atoms with van der Waals surface area (Å²) in [6.45, 7) is 2.16. The Hall–Kier alpha value is -0.610. The van der Waals surface area contributed by atoms with Gasteiger partial charge in [0.25, 0.3) is 0 Å². The molecule has 2 saturated carbocycles. The predicted octanol–water partition coefficient (Wildman–Crippen LogP) is 1.33. The largest absolute Gasteiger partial charge is 0.465 e. The Morgan fingerprint density at radius 2 is 1.89 bits per heavy atom. The molecule has 1 aliphatic heterocycles.